The van der Waals surface area contributed by atoms with Crippen LogP contribution in [0.5, 0.6) is 0 Å². The highest BCUT2D eigenvalue weighted by molar-refractivity contribution is 6.30. The topological polar surface area (TPSA) is 59.8 Å². The fourth-order valence-electron chi connectivity index (χ4n) is 1.82. The molecule has 1 heterocycles. The molecular formula is C14H17ClN4O. The van der Waals surface area contributed by atoms with E-state index < -0.39 is 0 Å². The highest BCUT2D eigenvalue weighted by atomic mass is 35.5. The van der Waals surface area contributed by atoms with Crippen LogP contribution in [-0.2, 0) is 24.7 Å². The number of carbonyl (C=O) groups is 1. The summed E-state index contributed by atoms with van der Waals surface area (Å²) in [5, 5.41) is 7.75. The molecule has 0 aliphatic heterocycles. The Kier molecular flexibility index (Phi) is 5.12. The van der Waals surface area contributed by atoms with Crippen LogP contribution in [0.4, 0.5) is 0 Å². The molecule has 0 saturated carbocycles. The van der Waals surface area contributed by atoms with Crippen LogP contribution in [0.25, 0.3) is 0 Å². The summed E-state index contributed by atoms with van der Waals surface area (Å²) < 4.78 is 1.68. The maximum absolute atomic E-state index is 11.7. The van der Waals surface area contributed by atoms with E-state index in [0.717, 1.165) is 24.2 Å². The largest absolute Gasteiger partial charge is 0.356 e. The van der Waals surface area contributed by atoms with Crippen LogP contribution in [0.3, 0.4) is 0 Å². The van der Waals surface area contributed by atoms with E-state index in [1.54, 1.807) is 23.1 Å². The third-order valence-electron chi connectivity index (χ3n) is 2.82. The lowest BCUT2D eigenvalue weighted by atomic mass is 10.1. The van der Waals surface area contributed by atoms with Crippen molar-refractivity contribution in [1.82, 2.24) is 20.1 Å². The number of carbonyl (C=O) groups excluding carboxylic acids is 1. The zero-order valence-corrected chi connectivity index (χ0v) is 12.1. The molecule has 0 aliphatic rings. The van der Waals surface area contributed by atoms with Crippen LogP contribution in [0.15, 0.2) is 30.6 Å². The maximum Gasteiger partial charge on any atom is 0.224 e. The number of amides is 1. The third kappa shape index (κ3) is 4.66. The fourth-order valence-corrected chi connectivity index (χ4v) is 1.95. The molecule has 2 aromatic rings. The first-order chi connectivity index (χ1) is 9.63. The normalized spacial score (nSPS) is 10.5. The van der Waals surface area contributed by atoms with Crippen molar-refractivity contribution in [3.63, 3.8) is 0 Å². The molecule has 0 fully saturated rings. The Balaban J connectivity index is 1.66. The zero-order valence-electron chi connectivity index (χ0n) is 11.3. The predicted molar refractivity (Wildman–Crippen MR) is 77.5 cm³/mol. The molecule has 0 saturated heterocycles. The second-order valence-electron chi connectivity index (χ2n) is 4.59. The van der Waals surface area contributed by atoms with Crippen LogP contribution < -0.4 is 5.32 Å². The minimum absolute atomic E-state index is 0.0151. The van der Waals surface area contributed by atoms with Crippen LogP contribution >= 0.6 is 11.6 Å². The molecule has 5 nitrogen and oxygen atoms in total. The van der Waals surface area contributed by atoms with Crippen molar-refractivity contribution in [3.8, 4) is 0 Å². The van der Waals surface area contributed by atoms with Crippen molar-refractivity contribution in [1.29, 1.82) is 0 Å². The Labute approximate surface area is 123 Å². The number of benzene rings is 1. The van der Waals surface area contributed by atoms with Gasteiger partial charge in [-0.25, -0.2) is 4.98 Å². The smallest absolute Gasteiger partial charge is 0.224 e. The van der Waals surface area contributed by atoms with E-state index in [-0.39, 0.29) is 5.91 Å². The number of aryl methyl sites for hydroxylation is 2. The van der Waals surface area contributed by atoms with E-state index in [1.165, 1.54) is 0 Å². The summed E-state index contributed by atoms with van der Waals surface area (Å²) in [5.74, 6) is 0.820. The summed E-state index contributed by atoms with van der Waals surface area (Å²) in [6, 6.07) is 7.30. The molecule has 0 spiro atoms. The van der Waals surface area contributed by atoms with Crippen LogP contribution in [0, 0.1) is 0 Å². The highest BCUT2D eigenvalue weighted by Crippen LogP contribution is 2.09. The molecule has 0 bridgehead atoms. The quantitative estimate of drug-likeness (QED) is 0.825. The standard InChI is InChI=1S/C14H17ClN4O/c1-19-10-17-13(18-19)3-2-8-16-14(20)9-11-4-6-12(15)7-5-11/h4-7,10H,2-3,8-9H2,1H3,(H,16,20). The molecule has 1 aromatic heterocycles. The molecule has 0 radical (unpaired) electrons. The van der Waals surface area contributed by atoms with E-state index in [1.807, 2.05) is 19.2 Å². The van der Waals surface area contributed by atoms with Gasteiger partial charge in [0.15, 0.2) is 5.82 Å². The third-order valence-corrected chi connectivity index (χ3v) is 3.08. The van der Waals surface area contributed by atoms with E-state index >= 15 is 0 Å². The minimum Gasteiger partial charge on any atom is -0.356 e. The summed E-state index contributed by atoms with van der Waals surface area (Å²) in [6.45, 7) is 0.630. The van der Waals surface area contributed by atoms with Gasteiger partial charge in [0.05, 0.1) is 6.42 Å². The SMILES string of the molecule is Cn1cnc(CCCNC(=O)Cc2ccc(Cl)cc2)n1. The highest BCUT2D eigenvalue weighted by Gasteiger charge is 2.03. The van der Waals surface area contributed by atoms with Gasteiger partial charge in [0.25, 0.3) is 0 Å². The number of aromatic nitrogens is 3. The van der Waals surface area contributed by atoms with Gasteiger partial charge in [-0.15, -0.1) is 0 Å². The minimum atomic E-state index is 0.0151. The summed E-state index contributed by atoms with van der Waals surface area (Å²) in [5.41, 5.74) is 0.957. The number of halogens is 1. The molecule has 1 amide bonds. The number of nitrogens with one attached hydrogen (secondary N) is 1. The maximum atomic E-state index is 11.7. The van der Waals surface area contributed by atoms with Gasteiger partial charge in [0, 0.05) is 25.0 Å². The second-order valence-corrected chi connectivity index (χ2v) is 5.03. The van der Waals surface area contributed by atoms with Crippen molar-refractivity contribution in [2.75, 3.05) is 6.54 Å². The fraction of sp³-hybridized carbons (Fsp3) is 0.357. The molecule has 6 heteroatoms. The van der Waals surface area contributed by atoms with Crippen molar-refractivity contribution in [2.24, 2.45) is 7.05 Å². The van der Waals surface area contributed by atoms with Gasteiger partial charge in [0.2, 0.25) is 5.91 Å². The first-order valence-electron chi connectivity index (χ1n) is 6.49. The Bertz CT molecular complexity index is 565. The molecule has 106 valence electrons. The van der Waals surface area contributed by atoms with E-state index in [9.17, 15) is 4.79 Å². The zero-order chi connectivity index (χ0) is 14.4. The van der Waals surface area contributed by atoms with Crippen LogP contribution in [0.2, 0.25) is 5.02 Å². The molecule has 0 atom stereocenters. The number of hydrogen-bond donors (Lipinski definition) is 1. The lowest BCUT2D eigenvalue weighted by molar-refractivity contribution is -0.120. The average molecular weight is 293 g/mol. The first-order valence-corrected chi connectivity index (χ1v) is 6.87. The Morgan fingerprint density at radius 3 is 2.75 bits per heavy atom. The van der Waals surface area contributed by atoms with Gasteiger partial charge in [-0.3, -0.25) is 9.48 Å². The Morgan fingerprint density at radius 1 is 1.35 bits per heavy atom. The van der Waals surface area contributed by atoms with Gasteiger partial charge in [0.1, 0.15) is 6.33 Å². The van der Waals surface area contributed by atoms with Crippen molar-refractivity contribution in [3.05, 3.63) is 47.0 Å². The molecule has 20 heavy (non-hydrogen) atoms. The average Bonchev–Trinajstić information content (AvgIpc) is 2.83. The molecule has 0 aliphatic carbocycles. The number of rotatable bonds is 6. The molecule has 1 aromatic carbocycles. The predicted octanol–water partition coefficient (Wildman–Crippen LogP) is 1.76. The van der Waals surface area contributed by atoms with E-state index in [2.05, 4.69) is 15.4 Å². The Morgan fingerprint density at radius 2 is 2.10 bits per heavy atom. The van der Waals surface area contributed by atoms with Gasteiger partial charge in [-0.1, -0.05) is 23.7 Å². The van der Waals surface area contributed by atoms with Crippen molar-refractivity contribution < 1.29 is 4.79 Å². The molecular weight excluding hydrogens is 276 g/mol. The molecule has 1 N–H and O–H groups in total. The molecule has 0 unspecified atom stereocenters. The summed E-state index contributed by atoms with van der Waals surface area (Å²) in [7, 11) is 1.84. The first kappa shape index (κ1) is 14.5. The summed E-state index contributed by atoms with van der Waals surface area (Å²) >= 11 is 5.80. The number of nitrogens with zero attached hydrogens (tertiary/aromatic N) is 3. The van der Waals surface area contributed by atoms with Crippen molar-refractivity contribution >= 4 is 17.5 Å². The van der Waals surface area contributed by atoms with Gasteiger partial charge < -0.3 is 5.32 Å². The van der Waals surface area contributed by atoms with E-state index in [0.29, 0.717) is 18.0 Å². The summed E-state index contributed by atoms with van der Waals surface area (Å²) in [6.07, 6.45) is 3.64. The van der Waals surface area contributed by atoms with E-state index in [4.69, 9.17) is 11.6 Å². The lowest BCUT2D eigenvalue weighted by Gasteiger charge is -2.04. The number of hydrogen-bond acceptors (Lipinski definition) is 3. The Hall–Kier alpha value is -1.88. The second kappa shape index (κ2) is 7.05. The monoisotopic (exact) mass is 292 g/mol. The van der Waals surface area contributed by atoms with Crippen molar-refractivity contribution in [2.45, 2.75) is 19.3 Å². The van der Waals surface area contributed by atoms with Crippen LogP contribution in [-0.4, -0.2) is 27.2 Å². The van der Waals surface area contributed by atoms with Gasteiger partial charge >= 0.3 is 0 Å². The summed E-state index contributed by atoms with van der Waals surface area (Å²) in [4.78, 5) is 15.9. The molecule has 2 rings (SSSR count). The van der Waals surface area contributed by atoms with Gasteiger partial charge in [-0.05, 0) is 24.1 Å². The van der Waals surface area contributed by atoms with Gasteiger partial charge in [-0.2, -0.15) is 5.10 Å². The van der Waals surface area contributed by atoms with Crippen LogP contribution in [0.1, 0.15) is 17.8 Å². The lowest BCUT2D eigenvalue weighted by Crippen LogP contribution is -2.26.